The maximum Gasteiger partial charge on any atom is 0.226 e. The van der Waals surface area contributed by atoms with Crippen LogP contribution in [0, 0.1) is 12.8 Å². The second kappa shape index (κ2) is 10.8. The van der Waals surface area contributed by atoms with Crippen molar-refractivity contribution in [3.8, 4) is 0 Å². The summed E-state index contributed by atoms with van der Waals surface area (Å²) in [5.41, 5.74) is 3.71. The second-order valence-corrected chi connectivity index (χ2v) is 7.37. The van der Waals surface area contributed by atoms with E-state index in [1.807, 2.05) is 11.0 Å². The molecule has 27 heavy (non-hydrogen) atoms. The van der Waals surface area contributed by atoms with Crippen molar-refractivity contribution >= 4 is 5.91 Å². The molecule has 1 heterocycles. The highest BCUT2D eigenvalue weighted by molar-refractivity contribution is 5.78. The Morgan fingerprint density at radius 3 is 2.74 bits per heavy atom. The van der Waals surface area contributed by atoms with Crippen LogP contribution in [0.2, 0.25) is 0 Å². The van der Waals surface area contributed by atoms with Gasteiger partial charge in [0.05, 0.1) is 6.54 Å². The van der Waals surface area contributed by atoms with Crippen molar-refractivity contribution in [2.75, 3.05) is 6.54 Å². The number of benzene rings is 1. The van der Waals surface area contributed by atoms with Gasteiger partial charge in [-0.25, -0.2) is 0 Å². The molecular weight excluding hydrogens is 332 g/mol. The lowest BCUT2D eigenvalue weighted by atomic mass is 9.97. The molecular formula is C24H34N2O. The van der Waals surface area contributed by atoms with Crippen molar-refractivity contribution in [3.63, 3.8) is 0 Å². The van der Waals surface area contributed by atoms with Crippen molar-refractivity contribution in [2.45, 2.75) is 59.5 Å². The van der Waals surface area contributed by atoms with Crippen LogP contribution >= 0.6 is 0 Å². The minimum atomic E-state index is 0.116. The molecule has 1 aromatic carbocycles. The van der Waals surface area contributed by atoms with E-state index >= 15 is 0 Å². The summed E-state index contributed by atoms with van der Waals surface area (Å²) in [7, 11) is 0. The highest BCUT2D eigenvalue weighted by Gasteiger charge is 2.22. The van der Waals surface area contributed by atoms with Gasteiger partial charge in [0.15, 0.2) is 0 Å². The molecule has 1 amide bonds. The normalized spacial score (nSPS) is 12.0. The van der Waals surface area contributed by atoms with Gasteiger partial charge < -0.3 is 9.47 Å². The summed E-state index contributed by atoms with van der Waals surface area (Å²) < 4.78 is 2.24. The van der Waals surface area contributed by atoms with Crippen LogP contribution in [0.5, 0.6) is 0 Å². The first-order valence-electron chi connectivity index (χ1n) is 10.2. The molecule has 0 fully saturated rings. The average molecular weight is 367 g/mol. The molecule has 3 heteroatoms. The molecule has 0 spiro atoms. The Bertz CT molecular complexity index is 731. The van der Waals surface area contributed by atoms with E-state index in [1.165, 1.54) is 11.1 Å². The standard InChI is InChI=1S/C24H34N2O/c1-5-8-13-22(7-3)24(27)26(15-6-2)19-23-14-10-16-25(23)18-21-12-9-11-20(4)17-21/h6,9-12,14,16-17,22H,2,5,7-8,13,15,18-19H2,1,3-4H3/t22-/m0/s1. The highest BCUT2D eigenvalue weighted by Crippen LogP contribution is 2.19. The van der Waals surface area contributed by atoms with Crippen LogP contribution in [0.15, 0.2) is 55.3 Å². The van der Waals surface area contributed by atoms with Crippen LogP contribution in [-0.4, -0.2) is 21.9 Å². The molecule has 1 atom stereocenters. The number of hydrogen-bond acceptors (Lipinski definition) is 1. The largest absolute Gasteiger partial charge is 0.345 e. The lowest BCUT2D eigenvalue weighted by Crippen LogP contribution is -2.36. The Labute approximate surface area is 164 Å². The number of carbonyl (C=O) groups is 1. The zero-order chi connectivity index (χ0) is 19.6. The summed E-state index contributed by atoms with van der Waals surface area (Å²) in [5.74, 6) is 0.374. The van der Waals surface area contributed by atoms with E-state index in [9.17, 15) is 4.79 Å². The zero-order valence-corrected chi connectivity index (χ0v) is 17.2. The fourth-order valence-electron chi connectivity index (χ4n) is 3.55. The fraction of sp³-hybridized carbons (Fsp3) is 0.458. The van der Waals surface area contributed by atoms with E-state index in [-0.39, 0.29) is 11.8 Å². The number of rotatable bonds is 11. The molecule has 0 saturated heterocycles. The summed E-state index contributed by atoms with van der Waals surface area (Å²) in [6.45, 7) is 12.3. The van der Waals surface area contributed by atoms with Gasteiger partial charge in [-0.15, -0.1) is 6.58 Å². The summed E-state index contributed by atoms with van der Waals surface area (Å²) in [6, 6.07) is 12.8. The van der Waals surface area contributed by atoms with Crippen LogP contribution in [0.1, 0.15) is 56.4 Å². The van der Waals surface area contributed by atoms with E-state index in [2.05, 4.69) is 74.5 Å². The molecule has 146 valence electrons. The third kappa shape index (κ3) is 6.13. The zero-order valence-electron chi connectivity index (χ0n) is 17.2. The number of aryl methyl sites for hydroxylation is 1. The number of carbonyl (C=O) groups excluding carboxylic acids is 1. The number of aromatic nitrogens is 1. The Morgan fingerprint density at radius 2 is 2.07 bits per heavy atom. The molecule has 1 aromatic heterocycles. The third-order valence-electron chi connectivity index (χ3n) is 5.12. The Balaban J connectivity index is 2.13. The van der Waals surface area contributed by atoms with Crippen LogP contribution < -0.4 is 0 Å². The van der Waals surface area contributed by atoms with E-state index in [1.54, 1.807) is 0 Å². The first-order valence-corrected chi connectivity index (χ1v) is 10.2. The van der Waals surface area contributed by atoms with Crippen LogP contribution in [0.4, 0.5) is 0 Å². The summed E-state index contributed by atoms with van der Waals surface area (Å²) >= 11 is 0. The maximum atomic E-state index is 13.1. The van der Waals surface area contributed by atoms with E-state index in [0.717, 1.165) is 37.9 Å². The highest BCUT2D eigenvalue weighted by atomic mass is 16.2. The fourth-order valence-corrected chi connectivity index (χ4v) is 3.55. The summed E-state index contributed by atoms with van der Waals surface area (Å²) in [4.78, 5) is 15.0. The Hall–Kier alpha value is -2.29. The lowest BCUT2D eigenvalue weighted by Gasteiger charge is -2.26. The maximum absolute atomic E-state index is 13.1. The monoisotopic (exact) mass is 366 g/mol. The van der Waals surface area contributed by atoms with Crippen LogP contribution in [-0.2, 0) is 17.9 Å². The third-order valence-corrected chi connectivity index (χ3v) is 5.12. The number of hydrogen-bond donors (Lipinski definition) is 0. The molecule has 2 rings (SSSR count). The number of nitrogens with zero attached hydrogens (tertiary/aromatic N) is 2. The predicted molar refractivity (Wildman–Crippen MR) is 114 cm³/mol. The van der Waals surface area contributed by atoms with Gasteiger partial charge in [0.25, 0.3) is 0 Å². The lowest BCUT2D eigenvalue weighted by molar-refractivity contribution is -0.136. The number of unbranched alkanes of at least 4 members (excludes halogenated alkanes) is 1. The molecule has 0 aliphatic carbocycles. The summed E-state index contributed by atoms with van der Waals surface area (Å²) in [5, 5.41) is 0. The average Bonchev–Trinajstić information content (AvgIpc) is 3.08. The van der Waals surface area contributed by atoms with Crippen molar-refractivity contribution in [3.05, 3.63) is 72.1 Å². The topological polar surface area (TPSA) is 25.2 Å². The van der Waals surface area contributed by atoms with E-state index in [0.29, 0.717) is 13.1 Å². The Morgan fingerprint density at radius 1 is 1.26 bits per heavy atom. The molecule has 2 aromatic rings. The predicted octanol–water partition coefficient (Wildman–Crippen LogP) is 5.58. The first kappa shape index (κ1) is 21.0. The molecule has 0 radical (unpaired) electrons. The van der Waals surface area contributed by atoms with Gasteiger partial charge in [0.1, 0.15) is 0 Å². The van der Waals surface area contributed by atoms with E-state index < -0.39 is 0 Å². The Kier molecular flexibility index (Phi) is 8.38. The van der Waals surface area contributed by atoms with Gasteiger partial charge in [0, 0.05) is 30.9 Å². The van der Waals surface area contributed by atoms with Crippen LogP contribution in [0.25, 0.3) is 0 Å². The molecule has 0 aliphatic rings. The SMILES string of the molecule is C=CCN(Cc1cccn1Cc1cccc(C)c1)C(=O)[C@@H](CC)CCCC. The summed E-state index contributed by atoms with van der Waals surface area (Å²) in [6.07, 6.45) is 8.04. The van der Waals surface area contributed by atoms with Gasteiger partial charge >= 0.3 is 0 Å². The van der Waals surface area contributed by atoms with Gasteiger partial charge in [-0.3, -0.25) is 4.79 Å². The van der Waals surface area contributed by atoms with Gasteiger partial charge in [-0.1, -0.05) is 62.6 Å². The van der Waals surface area contributed by atoms with Gasteiger partial charge in [-0.2, -0.15) is 0 Å². The second-order valence-electron chi connectivity index (χ2n) is 7.37. The molecule has 0 saturated carbocycles. The molecule has 3 nitrogen and oxygen atoms in total. The van der Waals surface area contributed by atoms with Gasteiger partial charge in [0.2, 0.25) is 5.91 Å². The number of amides is 1. The minimum Gasteiger partial charge on any atom is -0.345 e. The molecule has 0 bridgehead atoms. The first-order chi connectivity index (χ1) is 13.1. The van der Waals surface area contributed by atoms with Crippen molar-refractivity contribution in [2.24, 2.45) is 5.92 Å². The van der Waals surface area contributed by atoms with Gasteiger partial charge in [-0.05, 0) is 37.5 Å². The van der Waals surface area contributed by atoms with Crippen LogP contribution in [0.3, 0.4) is 0 Å². The van der Waals surface area contributed by atoms with Crippen molar-refractivity contribution in [1.29, 1.82) is 0 Å². The molecule has 0 N–H and O–H groups in total. The van der Waals surface area contributed by atoms with Crippen molar-refractivity contribution in [1.82, 2.24) is 9.47 Å². The molecule has 0 aliphatic heterocycles. The molecule has 0 unspecified atom stereocenters. The van der Waals surface area contributed by atoms with Crippen molar-refractivity contribution < 1.29 is 4.79 Å². The quantitative estimate of drug-likeness (QED) is 0.477. The minimum absolute atomic E-state index is 0.116. The smallest absolute Gasteiger partial charge is 0.226 e. The van der Waals surface area contributed by atoms with E-state index in [4.69, 9.17) is 0 Å².